The van der Waals surface area contributed by atoms with Crippen LogP contribution >= 0.6 is 12.4 Å². The third-order valence-corrected chi connectivity index (χ3v) is 5.46. The van der Waals surface area contributed by atoms with E-state index in [2.05, 4.69) is 15.3 Å². The molecular formula is C21H26ClN5O3. The third-order valence-electron chi connectivity index (χ3n) is 5.46. The maximum absolute atomic E-state index is 13.0. The summed E-state index contributed by atoms with van der Waals surface area (Å²) in [6.07, 6.45) is 2.70. The molecule has 4 rings (SSSR count). The molecule has 2 N–H and O–H groups in total. The lowest BCUT2D eigenvalue weighted by atomic mass is 9.92. The number of aromatic nitrogens is 3. The predicted molar refractivity (Wildman–Crippen MR) is 119 cm³/mol. The summed E-state index contributed by atoms with van der Waals surface area (Å²) in [5, 5.41) is 14.0. The summed E-state index contributed by atoms with van der Waals surface area (Å²) in [6.45, 7) is 1.69. The topological polar surface area (TPSA) is 92.5 Å². The van der Waals surface area contributed by atoms with E-state index in [0.717, 1.165) is 24.5 Å². The fraction of sp³-hybridized carbons (Fsp3) is 0.381. The second-order valence-corrected chi connectivity index (χ2v) is 7.45. The van der Waals surface area contributed by atoms with Crippen LogP contribution in [0.25, 0.3) is 11.0 Å². The molecule has 0 aliphatic carbocycles. The summed E-state index contributed by atoms with van der Waals surface area (Å²) in [6, 6.07) is 11.2. The number of pyridine rings is 1. The highest BCUT2D eigenvalue weighted by Crippen LogP contribution is 2.25. The predicted octanol–water partition coefficient (Wildman–Crippen LogP) is 2.10. The number of ether oxygens (including phenoxy) is 1. The van der Waals surface area contributed by atoms with E-state index in [1.54, 1.807) is 13.2 Å². The monoisotopic (exact) mass is 431 g/mol. The molecular weight excluding hydrogens is 406 g/mol. The van der Waals surface area contributed by atoms with Gasteiger partial charge in [-0.3, -0.25) is 9.36 Å². The maximum Gasteiger partial charge on any atom is 0.280 e. The van der Waals surface area contributed by atoms with Crippen LogP contribution in [0.3, 0.4) is 0 Å². The number of hydrogen-bond donors (Lipinski definition) is 2. The molecule has 8 nitrogen and oxygen atoms in total. The second kappa shape index (κ2) is 8.99. The van der Waals surface area contributed by atoms with Gasteiger partial charge in [0.1, 0.15) is 11.6 Å². The van der Waals surface area contributed by atoms with Crippen LogP contribution < -0.4 is 20.5 Å². The minimum absolute atomic E-state index is 0. The SMILES string of the molecule is COc1ccc(N(C)c2ccc3ncn(CC4(O)CCNCC4)c(=O)c3n2)cc1.Cl. The van der Waals surface area contributed by atoms with Gasteiger partial charge in [0.15, 0.2) is 5.52 Å². The number of hydrogen-bond acceptors (Lipinski definition) is 7. The van der Waals surface area contributed by atoms with Gasteiger partial charge in [0.05, 0.1) is 31.1 Å². The number of aliphatic hydroxyl groups is 1. The highest BCUT2D eigenvalue weighted by Gasteiger charge is 2.30. The van der Waals surface area contributed by atoms with Crippen LogP contribution in [0.5, 0.6) is 5.75 Å². The van der Waals surface area contributed by atoms with Crippen LogP contribution in [-0.2, 0) is 6.54 Å². The van der Waals surface area contributed by atoms with E-state index in [-0.39, 0.29) is 24.5 Å². The number of nitrogens with one attached hydrogen (secondary N) is 1. The summed E-state index contributed by atoms with van der Waals surface area (Å²) in [7, 11) is 3.52. The molecule has 0 radical (unpaired) electrons. The van der Waals surface area contributed by atoms with Crippen molar-refractivity contribution in [2.75, 3.05) is 32.1 Å². The van der Waals surface area contributed by atoms with Gasteiger partial charge in [-0.2, -0.15) is 0 Å². The molecule has 0 saturated carbocycles. The van der Waals surface area contributed by atoms with Crippen LogP contribution in [0, 0.1) is 0 Å². The summed E-state index contributed by atoms with van der Waals surface area (Å²) >= 11 is 0. The Balaban J connectivity index is 0.00000256. The van der Waals surface area contributed by atoms with E-state index in [4.69, 9.17) is 4.74 Å². The van der Waals surface area contributed by atoms with Crippen LogP contribution in [0.2, 0.25) is 0 Å². The van der Waals surface area contributed by atoms with Gasteiger partial charge in [0.2, 0.25) is 0 Å². The summed E-state index contributed by atoms with van der Waals surface area (Å²) in [5.74, 6) is 1.41. The first-order valence-electron chi connectivity index (χ1n) is 9.66. The summed E-state index contributed by atoms with van der Waals surface area (Å²) in [5.41, 5.74) is 0.609. The Morgan fingerprint density at radius 1 is 1.20 bits per heavy atom. The van der Waals surface area contributed by atoms with E-state index < -0.39 is 5.60 Å². The fourth-order valence-electron chi connectivity index (χ4n) is 3.63. The molecule has 0 amide bonds. The molecule has 160 valence electrons. The number of benzene rings is 1. The first-order chi connectivity index (χ1) is 14.0. The van der Waals surface area contributed by atoms with Crippen molar-refractivity contribution in [1.82, 2.24) is 19.9 Å². The zero-order valence-corrected chi connectivity index (χ0v) is 17.9. The van der Waals surface area contributed by atoms with E-state index >= 15 is 0 Å². The van der Waals surface area contributed by atoms with Crippen molar-refractivity contribution >= 4 is 34.9 Å². The second-order valence-electron chi connectivity index (χ2n) is 7.45. The smallest absolute Gasteiger partial charge is 0.280 e. The number of piperidine rings is 1. The minimum atomic E-state index is -0.901. The molecule has 1 aliphatic rings. The van der Waals surface area contributed by atoms with Crippen molar-refractivity contribution in [3.05, 3.63) is 53.1 Å². The molecule has 0 atom stereocenters. The Labute approximate surface area is 180 Å². The van der Waals surface area contributed by atoms with Gasteiger partial charge in [0, 0.05) is 12.7 Å². The van der Waals surface area contributed by atoms with E-state index in [1.165, 1.54) is 10.9 Å². The standard InChI is InChI=1S/C21H25N5O3.ClH/c1-25(15-3-5-16(29-2)6-4-15)18-8-7-17-19(24-18)20(27)26(14-23-17)13-21(28)9-11-22-12-10-21;/h3-8,14,22,28H,9-13H2,1-2H3;1H. The highest BCUT2D eigenvalue weighted by molar-refractivity contribution is 5.85. The number of fused-ring (bicyclic) bond motifs is 1. The lowest BCUT2D eigenvalue weighted by molar-refractivity contribution is -0.00628. The first-order valence-corrected chi connectivity index (χ1v) is 9.66. The zero-order chi connectivity index (χ0) is 20.4. The highest BCUT2D eigenvalue weighted by atomic mass is 35.5. The molecule has 1 fully saturated rings. The van der Waals surface area contributed by atoms with Gasteiger partial charge in [-0.25, -0.2) is 9.97 Å². The van der Waals surface area contributed by atoms with Crippen LogP contribution in [0.4, 0.5) is 11.5 Å². The van der Waals surface area contributed by atoms with Gasteiger partial charge >= 0.3 is 0 Å². The summed E-state index contributed by atoms with van der Waals surface area (Å²) in [4.78, 5) is 23.9. The van der Waals surface area contributed by atoms with Crippen molar-refractivity contribution in [1.29, 1.82) is 0 Å². The Hall–Kier alpha value is -2.68. The van der Waals surface area contributed by atoms with Crippen molar-refractivity contribution in [2.24, 2.45) is 0 Å². The fourth-order valence-corrected chi connectivity index (χ4v) is 3.63. The Morgan fingerprint density at radius 3 is 2.57 bits per heavy atom. The Kier molecular flexibility index (Phi) is 6.60. The van der Waals surface area contributed by atoms with Crippen molar-refractivity contribution in [3.8, 4) is 5.75 Å². The van der Waals surface area contributed by atoms with Gasteiger partial charge in [-0.05, 0) is 62.3 Å². The number of nitrogens with zero attached hydrogens (tertiary/aromatic N) is 4. The normalized spacial score (nSPS) is 15.4. The zero-order valence-electron chi connectivity index (χ0n) is 17.0. The third kappa shape index (κ3) is 4.40. The van der Waals surface area contributed by atoms with E-state index in [0.29, 0.717) is 29.7 Å². The molecule has 0 unspecified atom stereocenters. The number of halogens is 1. The van der Waals surface area contributed by atoms with Crippen molar-refractivity contribution in [3.63, 3.8) is 0 Å². The Bertz CT molecular complexity index is 1060. The first kappa shape index (κ1) is 22.0. The van der Waals surface area contributed by atoms with Crippen LogP contribution in [-0.4, -0.2) is 52.5 Å². The molecule has 1 aliphatic heterocycles. The number of methoxy groups -OCH3 is 1. The van der Waals surface area contributed by atoms with Crippen molar-refractivity contribution in [2.45, 2.75) is 25.0 Å². The van der Waals surface area contributed by atoms with Crippen molar-refractivity contribution < 1.29 is 9.84 Å². The molecule has 9 heteroatoms. The lowest BCUT2D eigenvalue weighted by Gasteiger charge is -2.32. The van der Waals surface area contributed by atoms with Gasteiger partial charge < -0.3 is 20.1 Å². The average Bonchev–Trinajstić information content (AvgIpc) is 2.75. The molecule has 2 aromatic heterocycles. The lowest BCUT2D eigenvalue weighted by Crippen LogP contribution is -2.46. The molecule has 1 aromatic carbocycles. The quantitative estimate of drug-likeness (QED) is 0.639. The number of anilines is 2. The minimum Gasteiger partial charge on any atom is -0.497 e. The van der Waals surface area contributed by atoms with E-state index in [1.807, 2.05) is 42.3 Å². The Morgan fingerprint density at radius 2 is 1.90 bits per heavy atom. The average molecular weight is 432 g/mol. The molecule has 0 spiro atoms. The largest absolute Gasteiger partial charge is 0.497 e. The maximum atomic E-state index is 13.0. The molecule has 30 heavy (non-hydrogen) atoms. The van der Waals surface area contributed by atoms with Gasteiger partial charge in [0.25, 0.3) is 5.56 Å². The molecule has 3 aromatic rings. The van der Waals surface area contributed by atoms with E-state index in [9.17, 15) is 9.90 Å². The van der Waals surface area contributed by atoms with Crippen LogP contribution in [0.1, 0.15) is 12.8 Å². The number of rotatable bonds is 5. The van der Waals surface area contributed by atoms with Gasteiger partial charge in [-0.1, -0.05) is 0 Å². The molecule has 3 heterocycles. The van der Waals surface area contributed by atoms with Gasteiger partial charge in [-0.15, -0.1) is 12.4 Å². The molecule has 1 saturated heterocycles. The summed E-state index contributed by atoms with van der Waals surface area (Å²) < 4.78 is 6.67. The van der Waals surface area contributed by atoms with Crippen LogP contribution in [0.15, 0.2) is 47.5 Å². The molecule has 0 bridgehead atoms.